The smallest absolute Gasteiger partial charge is 0.228 e. The number of anilines is 1. The normalized spacial score (nSPS) is 22.1. The summed E-state index contributed by atoms with van der Waals surface area (Å²) < 4.78 is 0. The van der Waals surface area contributed by atoms with Crippen molar-refractivity contribution in [3.63, 3.8) is 0 Å². The van der Waals surface area contributed by atoms with Gasteiger partial charge in [0.1, 0.15) is 11.1 Å². The van der Waals surface area contributed by atoms with Crippen LogP contribution < -0.4 is 5.32 Å². The van der Waals surface area contributed by atoms with Crippen molar-refractivity contribution < 1.29 is 4.79 Å². The van der Waals surface area contributed by atoms with Crippen LogP contribution in [0.25, 0.3) is 0 Å². The maximum absolute atomic E-state index is 12.6. The van der Waals surface area contributed by atoms with Crippen LogP contribution in [0.2, 0.25) is 0 Å². The Morgan fingerprint density at radius 2 is 1.96 bits per heavy atom. The zero-order valence-corrected chi connectivity index (χ0v) is 14.4. The molecule has 0 bridgehead atoms. The van der Waals surface area contributed by atoms with Crippen LogP contribution in [0.3, 0.4) is 0 Å². The monoisotopic (exact) mass is 336 g/mol. The van der Waals surface area contributed by atoms with Crippen LogP contribution in [0.4, 0.5) is 5.00 Å². The van der Waals surface area contributed by atoms with E-state index < -0.39 is 0 Å². The number of nitriles is 1. The highest BCUT2D eigenvalue weighted by Gasteiger charge is 2.44. The molecule has 1 saturated carbocycles. The molecule has 1 fully saturated rings. The number of thiophene rings is 1. The quantitative estimate of drug-likeness (QED) is 0.831. The third-order valence-electron chi connectivity index (χ3n) is 5.12. The number of fused-ring (bicyclic) bond motifs is 1. The molecule has 24 heavy (non-hydrogen) atoms. The fourth-order valence-corrected chi connectivity index (χ4v) is 4.95. The van der Waals surface area contributed by atoms with Crippen molar-refractivity contribution in [1.29, 1.82) is 5.26 Å². The summed E-state index contributed by atoms with van der Waals surface area (Å²) in [6.07, 6.45) is 6.48. The molecule has 1 amide bonds. The van der Waals surface area contributed by atoms with Gasteiger partial charge in [-0.05, 0) is 49.1 Å². The maximum Gasteiger partial charge on any atom is 0.228 e. The van der Waals surface area contributed by atoms with Crippen LogP contribution >= 0.6 is 11.3 Å². The maximum atomic E-state index is 12.6. The predicted molar refractivity (Wildman–Crippen MR) is 96.2 cm³/mol. The Hall–Kier alpha value is -2.12. The van der Waals surface area contributed by atoms with E-state index in [1.807, 2.05) is 18.2 Å². The molecule has 2 atom stereocenters. The summed E-state index contributed by atoms with van der Waals surface area (Å²) in [7, 11) is 0. The number of hydrogen-bond acceptors (Lipinski definition) is 3. The van der Waals surface area contributed by atoms with E-state index in [1.165, 1.54) is 28.8 Å². The second-order valence-electron chi connectivity index (χ2n) is 6.73. The summed E-state index contributed by atoms with van der Waals surface area (Å²) in [6, 6.07) is 12.6. The van der Waals surface area contributed by atoms with E-state index in [1.54, 1.807) is 11.3 Å². The molecule has 1 aromatic heterocycles. The van der Waals surface area contributed by atoms with Crippen molar-refractivity contribution in [2.75, 3.05) is 5.32 Å². The van der Waals surface area contributed by atoms with Crippen molar-refractivity contribution in [1.82, 2.24) is 0 Å². The zero-order chi connectivity index (χ0) is 16.5. The van der Waals surface area contributed by atoms with Gasteiger partial charge in [0.25, 0.3) is 0 Å². The molecule has 1 aromatic carbocycles. The largest absolute Gasteiger partial charge is 0.316 e. The van der Waals surface area contributed by atoms with Gasteiger partial charge in [-0.2, -0.15) is 5.26 Å². The molecule has 1 N–H and O–H groups in total. The molecular weight excluding hydrogens is 316 g/mol. The summed E-state index contributed by atoms with van der Waals surface area (Å²) in [5.74, 6) is 0.437. The van der Waals surface area contributed by atoms with Crippen molar-refractivity contribution in [2.24, 2.45) is 5.92 Å². The van der Waals surface area contributed by atoms with Crippen LogP contribution in [0.1, 0.15) is 53.2 Å². The highest BCUT2D eigenvalue weighted by Crippen LogP contribution is 2.48. The molecule has 2 aliphatic rings. The van der Waals surface area contributed by atoms with Crippen LogP contribution in [0, 0.1) is 17.2 Å². The van der Waals surface area contributed by atoms with E-state index in [4.69, 9.17) is 0 Å². The van der Waals surface area contributed by atoms with Gasteiger partial charge in [0.05, 0.1) is 5.56 Å². The molecule has 0 radical (unpaired) electrons. The van der Waals surface area contributed by atoms with Crippen LogP contribution in [0.5, 0.6) is 0 Å². The topological polar surface area (TPSA) is 52.9 Å². The number of aryl methyl sites for hydroxylation is 1. The minimum Gasteiger partial charge on any atom is -0.316 e. The van der Waals surface area contributed by atoms with Gasteiger partial charge in [-0.1, -0.05) is 36.8 Å². The van der Waals surface area contributed by atoms with Gasteiger partial charge in [-0.15, -0.1) is 11.3 Å². The number of carbonyl (C=O) groups is 1. The Balaban J connectivity index is 1.50. The second-order valence-corrected chi connectivity index (χ2v) is 7.83. The number of nitrogens with zero attached hydrogens (tertiary/aromatic N) is 1. The molecule has 0 unspecified atom stereocenters. The number of hydrogen-bond donors (Lipinski definition) is 1. The average molecular weight is 336 g/mol. The van der Waals surface area contributed by atoms with Gasteiger partial charge in [0.2, 0.25) is 5.91 Å². The molecule has 4 heteroatoms. The van der Waals surface area contributed by atoms with E-state index in [9.17, 15) is 10.1 Å². The van der Waals surface area contributed by atoms with Crippen LogP contribution in [-0.2, 0) is 17.6 Å². The lowest BCUT2D eigenvalue weighted by atomic mass is 10.1. The van der Waals surface area contributed by atoms with Gasteiger partial charge in [0, 0.05) is 10.8 Å². The highest BCUT2D eigenvalue weighted by atomic mass is 32.1. The zero-order valence-electron chi connectivity index (χ0n) is 13.5. The first-order valence-corrected chi connectivity index (χ1v) is 9.50. The van der Waals surface area contributed by atoms with E-state index >= 15 is 0 Å². The van der Waals surface area contributed by atoms with E-state index in [0.717, 1.165) is 30.7 Å². The fourth-order valence-electron chi connectivity index (χ4n) is 3.71. The Kier molecular flexibility index (Phi) is 4.12. The molecule has 122 valence electrons. The van der Waals surface area contributed by atoms with E-state index in [2.05, 4.69) is 23.5 Å². The first-order valence-electron chi connectivity index (χ1n) is 8.68. The Labute approximate surface area is 146 Å². The van der Waals surface area contributed by atoms with Gasteiger partial charge in [-0.25, -0.2) is 0 Å². The van der Waals surface area contributed by atoms with Crippen molar-refractivity contribution >= 4 is 22.2 Å². The molecule has 0 saturated heterocycles. The summed E-state index contributed by atoms with van der Waals surface area (Å²) >= 11 is 1.62. The molecule has 2 aromatic rings. The van der Waals surface area contributed by atoms with E-state index in [0.29, 0.717) is 11.5 Å². The van der Waals surface area contributed by atoms with Gasteiger partial charge in [0.15, 0.2) is 0 Å². The summed E-state index contributed by atoms with van der Waals surface area (Å²) in [6.45, 7) is 0. The second kappa shape index (κ2) is 6.41. The molecule has 2 aliphatic carbocycles. The minimum absolute atomic E-state index is 0.0425. The average Bonchev–Trinajstić information content (AvgIpc) is 3.38. The third kappa shape index (κ3) is 2.85. The van der Waals surface area contributed by atoms with Crippen LogP contribution in [0.15, 0.2) is 30.3 Å². The Morgan fingerprint density at radius 1 is 1.17 bits per heavy atom. The van der Waals surface area contributed by atoms with Crippen molar-refractivity contribution in [3.05, 3.63) is 51.9 Å². The number of carbonyl (C=O) groups excluding carboxylic acids is 1. The fraction of sp³-hybridized carbons (Fsp3) is 0.400. The molecule has 0 spiro atoms. The highest BCUT2D eigenvalue weighted by molar-refractivity contribution is 7.16. The summed E-state index contributed by atoms with van der Waals surface area (Å²) in [5.41, 5.74) is 3.13. The van der Waals surface area contributed by atoms with E-state index in [-0.39, 0.29) is 11.8 Å². The van der Waals surface area contributed by atoms with Gasteiger partial charge in [-0.3, -0.25) is 4.79 Å². The Morgan fingerprint density at radius 3 is 2.75 bits per heavy atom. The lowest BCUT2D eigenvalue weighted by Gasteiger charge is -2.04. The number of nitrogens with one attached hydrogen (secondary N) is 1. The lowest BCUT2D eigenvalue weighted by molar-refractivity contribution is -0.117. The number of rotatable bonds is 3. The third-order valence-corrected chi connectivity index (χ3v) is 6.33. The predicted octanol–water partition coefficient (Wildman–Crippen LogP) is 4.63. The first kappa shape index (κ1) is 15.4. The molecule has 3 nitrogen and oxygen atoms in total. The standard InChI is InChI=1S/C20H20N2OS/c21-12-17-14-9-5-2-6-10-18(14)24-20(17)22-19(23)16-11-15(16)13-7-3-1-4-8-13/h1,3-4,7-8,15-16H,2,5-6,9-11H2,(H,22,23)/t15-,16-/m0/s1. The molecule has 1 heterocycles. The molecule has 0 aliphatic heterocycles. The summed E-state index contributed by atoms with van der Waals surface area (Å²) in [5, 5.41) is 13.4. The van der Waals surface area contributed by atoms with Gasteiger partial charge >= 0.3 is 0 Å². The van der Waals surface area contributed by atoms with Gasteiger partial charge < -0.3 is 5.32 Å². The van der Waals surface area contributed by atoms with Crippen LogP contribution in [-0.4, -0.2) is 5.91 Å². The SMILES string of the molecule is N#Cc1c(NC(=O)[C@H]2C[C@H]2c2ccccc2)sc2c1CCCCC2. The number of benzene rings is 1. The van der Waals surface area contributed by atoms with Crippen molar-refractivity contribution in [2.45, 2.75) is 44.4 Å². The van der Waals surface area contributed by atoms with Crippen molar-refractivity contribution in [3.8, 4) is 6.07 Å². The Bertz CT molecular complexity index is 803. The summed E-state index contributed by atoms with van der Waals surface area (Å²) in [4.78, 5) is 13.9. The lowest BCUT2D eigenvalue weighted by Crippen LogP contribution is -2.14. The minimum atomic E-state index is 0.0425. The number of amides is 1. The first-order chi connectivity index (χ1) is 11.8. The molecule has 4 rings (SSSR count). The molecular formula is C20H20N2OS.